The molecule has 0 N–H and O–H groups in total. The number of rotatable bonds is 1. The molecule has 1 aromatic heterocycles. The van der Waals surface area contributed by atoms with Crippen LogP contribution in [0.5, 0.6) is 0 Å². The standard InChI is InChI=1S/C10H11N3/c1-7-9-5-4-8(11-2)6-10(9)12-13(7)3/h4-6H,2H2,1,3H3. The molecule has 3 nitrogen and oxygen atoms in total. The van der Waals surface area contributed by atoms with Crippen molar-refractivity contribution in [2.45, 2.75) is 6.92 Å². The Labute approximate surface area is 76.7 Å². The summed E-state index contributed by atoms with van der Waals surface area (Å²) in [5.74, 6) is 0. The van der Waals surface area contributed by atoms with Crippen LogP contribution in [-0.2, 0) is 7.05 Å². The summed E-state index contributed by atoms with van der Waals surface area (Å²) in [6.07, 6.45) is 0. The summed E-state index contributed by atoms with van der Waals surface area (Å²) in [5.41, 5.74) is 3.01. The summed E-state index contributed by atoms with van der Waals surface area (Å²) in [5, 5.41) is 5.53. The van der Waals surface area contributed by atoms with Gasteiger partial charge in [-0.05, 0) is 31.8 Å². The highest BCUT2D eigenvalue weighted by molar-refractivity contribution is 5.84. The summed E-state index contributed by atoms with van der Waals surface area (Å²) in [4.78, 5) is 3.86. The number of aromatic nitrogens is 2. The molecule has 0 saturated heterocycles. The van der Waals surface area contributed by atoms with Gasteiger partial charge in [0.15, 0.2) is 0 Å². The number of benzene rings is 1. The molecule has 0 radical (unpaired) electrons. The summed E-state index contributed by atoms with van der Waals surface area (Å²) in [6.45, 7) is 5.53. The van der Waals surface area contributed by atoms with Crippen LogP contribution in [0.3, 0.4) is 0 Å². The Hall–Kier alpha value is -1.64. The van der Waals surface area contributed by atoms with E-state index in [1.54, 1.807) is 0 Å². The maximum Gasteiger partial charge on any atom is 0.0947 e. The normalized spacial score (nSPS) is 10.6. The van der Waals surface area contributed by atoms with Crippen LogP contribution in [-0.4, -0.2) is 16.5 Å². The highest BCUT2D eigenvalue weighted by Crippen LogP contribution is 2.22. The van der Waals surface area contributed by atoms with Gasteiger partial charge in [0.2, 0.25) is 0 Å². The van der Waals surface area contributed by atoms with Gasteiger partial charge in [0.1, 0.15) is 0 Å². The molecule has 0 atom stereocenters. The van der Waals surface area contributed by atoms with Gasteiger partial charge in [-0.3, -0.25) is 9.67 Å². The molecule has 0 spiro atoms. The third-order valence-electron chi connectivity index (χ3n) is 2.30. The second kappa shape index (κ2) is 2.69. The molecule has 1 heterocycles. The molecule has 0 saturated carbocycles. The van der Waals surface area contributed by atoms with Crippen molar-refractivity contribution in [3.8, 4) is 0 Å². The van der Waals surface area contributed by atoms with Crippen LogP contribution < -0.4 is 0 Å². The summed E-state index contributed by atoms with van der Waals surface area (Å²) >= 11 is 0. The lowest BCUT2D eigenvalue weighted by Crippen LogP contribution is -1.91. The van der Waals surface area contributed by atoms with E-state index in [9.17, 15) is 0 Å². The van der Waals surface area contributed by atoms with Crippen LogP contribution in [0.2, 0.25) is 0 Å². The van der Waals surface area contributed by atoms with Gasteiger partial charge in [-0.25, -0.2) is 0 Å². The lowest BCUT2D eigenvalue weighted by Gasteiger charge is -1.92. The van der Waals surface area contributed by atoms with E-state index in [1.807, 2.05) is 29.9 Å². The van der Waals surface area contributed by atoms with E-state index in [0.717, 1.165) is 11.2 Å². The van der Waals surface area contributed by atoms with Gasteiger partial charge in [0.05, 0.1) is 11.2 Å². The smallest absolute Gasteiger partial charge is 0.0947 e. The molecule has 2 rings (SSSR count). The molecule has 66 valence electrons. The molecule has 0 bridgehead atoms. The fourth-order valence-corrected chi connectivity index (χ4v) is 1.42. The van der Waals surface area contributed by atoms with E-state index >= 15 is 0 Å². The lowest BCUT2D eigenvalue weighted by atomic mass is 10.2. The third kappa shape index (κ3) is 1.13. The van der Waals surface area contributed by atoms with Crippen LogP contribution in [0.15, 0.2) is 23.2 Å². The SMILES string of the molecule is C=Nc1ccc2c(C)n(C)nc2c1. The van der Waals surface area contributed by atoms with Gasteiger partial charge in [0, 0.05) is 18.1 Å². The zero-order valence-corrected chi connectivity index (χ0v) is 7.78. The maximum atomic E-state index is 4.35. The predicted octanol–water partition coefficient (Wildman–Crippen LogP) is 2.21. The number of hydrogen-bond acceptors (Lipinski definition) is 2. The van der Waals surface area contributed by atoms with Crippen LogP contribution in [0.1, 0.15) is 5.69 Å². The van der Waals surface area contributed by atoms with Crippen molar-refractivity contribution in [1.29, 1.82) is 0 Å². The molecular formula is C10H11N3. The van der Waals surface area contributed by atoms with Gasteiger partial charge in [-0.2, -0.15) is 5.10 Å². The van der Waals surface area contributed by atoms with Gasteiger partial charge in [0.25, 0.3) is 0 Å². The monoisotopic (exact) mass is 173 g/mol. The number of aliphatic imine (C=N–C) groups is 1. The third-order valence-corrected chi connectivity index (χ3v) is 2.30. The van der Waals surface area contributed by atoms with Crippen LogP contribution in [0.25, 0.3) is 10.9 Å². The first-order valence-corrected chi connectivity index (χ1v) is 4.12. The first-order chi connectivity index (χ1) is 6.22. The first kappa shape index (κ1) is 7.98. The van der Waals surface area contributed by atoms with Crippen molar-refractivity contribution in [2.75, 3.05) is 0 Å². The quantitative estimate of drug-likeness (QED) is 0.608. The van der Waals surface area contributed by atoms with Gasteiger partial charge >= 0.3 is 0 Å². The molecule has 0 aliphatic carbocycles. The van der Waals surface area contributed by atoms with Crippen molar-refractivity contribution in [1.82, 2.24) is 9.78 Å². The van der Waals surface area contributed by atoms with Crippen LogP contribution >= 0.6 is 0 Å². The molecule has 2 aromatic rings. The van der Waals surface area contributed by atoms with E-state index in [4.69, 9.17) is 0 Å². The topological polar surface area (TPSA) is 30.2 Å². The van der Waals surface area contributed by atoms with Crippen molar-refractivity contribution in [2.24, 2.45) is 12.0 Å². The minimum atomic E-state index is 0.866. The Morgan fingerprint density at radius 2 is 2.23 bits per heavy atom. The van der Waals surface area contributed by atoms with Gasteiger partial charge < -0.3 is 0 Å². The Kier molecular flexibility index (Phi) is 1.65. The maximum absolute atomic E-state index is 4.35. The summed E-state index contributed by atoms with van der Waals surface area (Å²) < 4.78 is 1.87. The fourth-order valence-electron chi connectivity index (χ4n) is 1.42. The van der Waals surface area contributed by atoms with E-state index in [2.05, 4.69) is 23.7 Å². The summed E-state index contributed by atoms with van der Waals surface area (Å²) in [7, 11) is 1.94. The molecule has 1 aromatic carbocycles. The minimum absolute atomic E-state index is 0.866. The Morgan fingerprint density at radius 3 is 2.92 bits per heavy atom. The van der Waals surface area contributed by atoms with Crippen LogP contribution in [0.4, 0.5) is 5.69 Å². The Morgan fingerprint density at radius 1 is 1.46 bits per heavy atom. The molecule has 13 heavy (non-hydrogen) atoms. The van der Waals surface area contributed by atoms with E-state index in [-0.39, 0.29) is 0 Å². The Bertz CT molecular complexity index is 468. The molecular weight excluding hydrogens is 162 g/mol. The van der Waals surface area contributed by atoms with Crippen molar-refractivity contribution in [3.05, 3.63) is 23.9 Å². The second-order valence-electron chi connectivity index (χ2n) is 3.07. The van der Waals surface area contributed by atoms with E-state index < -0.39 is 0 Å². The molecule has 0 amide bonds. The summed E-state index contributed by atoms with van der Waals surface area (Å²) in [6, 6.07) is 5.92. The zero-order chi connectivity index (χ0) is 9.42. The minimum Gasteiger partial charge on any atom is -0.272 e. The molecule has 0 unspecified atom stereocenters. The second-order valence-corrected chi connectivity index (χ2v) is 3.07. The molecule has 0 aliphatic heterocycles. The molecule has 0 aliphatic rings. The van der Waals surface area contributed by atoms with E-state index in [1.165, 1.54) is 11.1 Å². The van der Waals surface area contributed by atoms with Gasteiger partial charge in [-0.1, -0.05) is 0 Å². The first-order valence-electron chi connectivity index (χ1n) is 4.12. The van der Waals surface area contributed by atoms with Gasteiger partial charge in [-0.15, -0.1) is 0 Å². The molecule has 3 heteroatoms. The zero-order valence-electron chi connectivity index (χ0n) is 7.78. The van der Waals surface area contributed by atoms with E-state index in [0.29, 0.717) is 0 Å². The number of hydrogen-bond donors (Lipinski definition) is 0. The average molecular weight is 173 g/mol. The Balaban J connectivity index is 2.79. The van der Waals surface area contributed by atoms with Crippen molar-refractivity contribution in [3.63, 3.8) is 0 Å². The predicted molar refractivity (Wildman–Crippen MR) is 54.7 cm³/mol. The largest absolute Gasteiger partial charge is 0.272 e. The average Bonchev–Trinajstić information content (AvgIpc) is 2.42. The highest BCUT2D eigenvalue weighted by Gasteiger charge is 2.03. The highest BCUT2D eigenvalue weighted by atomic mass is 15.3. The number of aryl methyl sites for hydroxylation is 2. The number of nitrogens with zero attached hydrogens (tertiary/aromatic N) is 3. The van der Waals surface area contributed by atoms with Crippen molar-refractivity contribution >= 4 is 23.3 Å². The number of fused-ring (bicyclic) bond motifs is 1. The fraction of sp³-hybridized carbons (Fsp3) is 0.200. The van der Waals surface area contributed by atoms with Crippen molar-refractivity contribution < 1.29 is 0 Å². The van der Waals surface area contributed by atoms with Crippen LogP contribution in [0, 0.1) is 6.92 Å². The lowest BCUT2D eigenvalue weighted by molar-refractivity contribution is 0.751. The molecule has 0 fully saturated rings.